The predicted molar refractivity (Wildman–Crippen MR) is 73.9 cm³/mol. The minimum absolute atomic E-state index is 0.158. The Kier molecular flexibility index (Phi) is 3.34. The molecule has 2 aliphatic rings. The number of carbonyl (C=O) groups excluding carboxylic acids is 2. The quantitative estimate of drug-likeness (QED) is 0.779. The fourth-order valence-electron chi connectivity index (χ4n) is 3.62. The zero-order valence-electron chi connectivity index (χ0n) is 11.7. The zero-order valence-corrected chi connectivity index (χ0v) is 11.7. The van der Waals surface area contributed by atoms with E-state index in [-0.39, 0.29) is 35.1 Å². The summed E-state index contributed by atoms with van der Waals surface area (Å²) in [7, 11) is 1.87. The van der Waals surface area contributed by atoms with Crippen molar-refractivity contribution in [2.24, 2.45) is 0 Å². The van der Waals surface area contributed by atoms with E-state index in [4.69, 9.17) is 4.74 Å². The molecular formula is C16H20NO3+. The first-order valence-electron chi connectivity index (χ1n) is 7.22. The van der Waals surface area contributed by atoms with Gasteiger partial charge in [-0.3, -0.25) is 4.79 Å². The molecule has 1 amide bonds. The van der Waals surface area contributed by atoms with E-state index in [1.807, 2.05) is 37.4 Å². The van der Waals surface area contributed by atoms with Crippen LogP contribution in [0.1, 0.15) is 31.2 Å². The maximum absolute atomic E-state index is 12.5. The van der Waals surface area contributed by atoms with Crippen LogP contribution in [0.5, 0.6) is 0 Å². The van der Waals surface area contributed by atoms with Crippen LogP contribution in [0, 0.1) is 0 Å². The monoisotopic (exact) mass is 274 g/mol. The van der Waals surface area contributed by atoms with E-state index in [1.165, 1.54) is 0 Å². The fourth-order valence-corrected chi connectivity index (χ4v) is 3.62. The van der Waals surface area contributed by atoms with Gasteiger partial charge in [-0.05, 0) is 5.56 Å². The van der Waals surface area contributed by atoms with Gasteiger partial charge in [0.1, 0.15) is 12.6 Å². The molecule has 1 aromatic rings. The Morgan fingerprint density at radius 3 is 2.75 bits per heavy atom. The first kappa shape index (κ1) is 13.3. The van der Waals surface area contributed by atoms with Crippen LogP contribution < -0.4 is 0 Å². The van der Waals surface area contributed by atoms with Crippen LogP contribution in [0.3, 0.4) is 0 Å². The summed E-state index contributed by atoms with van der Waals surface area (Å²) in [5.74, 6) is 0.220. The summed E-state index contributed by atoms with van der Waals surface area (Å²) >= 11 is 0. The molecule has 0 N–H and O–H groups in total. The number of rotatable bonds is 2. The number of likely N-dealkylation sites (N-methyl/N-ethyl adjacent to an activating group) is 1. The van der Waals surface area contributed by atoms with Crippen molar-refractivity contribution < 1.29 is 18.8 Å². The van der Waals surface area contributed by atoms with Gasteiger partial charge in [0.05, 0.1) is 7.05 Å². The molecule has 2 heterocycles. The smallest absolute Gasteiger partial charge is 0.415 e. The van der Waals surface area contributed by atoms with E-state index in [9.17, 15) is 9.59 Å². The number of ketones is 1. The summed E-state index contributed by atoms with van der Waals surface area (Å²) in [6.45, 7) is 0.279. The number of nitrogens with zero attached hydrogens (tertiary/aromatic N) is 1. The second-order valence-corrected chi connectivity index (χ2v) is 5.94. The van der Waals surface area contributed by atoms with Crippen LogP contribution in [-0.2, 0) is 16.1 Å². The summed E-state index contributed by atoms with van der Waals surface area (Å²) in [6.07, 6.45) is 2.95. The maximum atomic E-state index is 12.5. The number of fused-ring (bicyclic) bond motifs is 2. The summed E-state index contributed by atoms with van der Waals surface area (Å²) < 4.78 is 5.64. The third-order valence-electron chi connectivity index (χ3n) is 4.87. The Morgan fingerprint density at radius 2 is 2.00 bits per heavy atom. The highest BCUT2D eigenvalue weighted by Crippen LogP contribution is 2.40. The maximum Gasteiger partial charge on any atom is 0.516 e. The second-order valence-electron chi connectivity index (χ2n) is 5.94. The van der Waals surface area contributed by atoms with Crippen LogP contribution in [-0.4, -0.2) is 35.5 Å². The lowest BCUT2D eigenvalue weighted by Crippen LogP contribution is -2.62. The SMILES string of the molecule is C[N+]1(C(=O)OCc2ccccc2)C2CCC(=O)C1CC2. The predicted octanol–water partition coefficient (Wildman–Crippen LogP) is 2.66. The molecule has 0 spiro atoms. The van der Waals surface area contributed by atoms with Crippen molar-refractivity contribution >= 4 is 11.9 Å². The average molecular weight is 274 g/mol. The van der Waals surface area contributed by atoms with Crippen molar-refractivity contribution in [3.63, 3.8) is 0 Å². The van der Waals surface area contributed by atoms with E-state index in [1.54, 1.807) is 0 Å². The lowest BCUT2D eigenvalue weighted by Gasteiger charge is -2.39. The van der Waals surface area contributed by atoms with E-state index in [0.717, 1.165) is 24.8 Å². The van der Waals surface area contributed by atoms with Crippen molar-refractivity contribution in [3.05, 3.63) is 35.9 Å². The zero-order chi connectivity index (χ0) is 14.2. The van der Waals surface area contributed by atoms with E-state index < -0.39 is 0 Å². The number of quaternary nitrogens is 1. The molecule has 0 aromatic heterocycles. The normalized spacial score (nSPS) is 32.1. The third-order valence-corrected chi connectivity index (χ3v) is 4.87. The first-order chi connectivity index (χ1) is 9.62. The Labute approximate surface area is 118 Å². The molecule has 3 atom stereocenters. The molecule has 2 saturated heterocycles. The Bertz CT molecular complexity index is 528. The van der Waals surface area contributed by atoms with Crippen LogP contribution in [0.4, 0.5) is 4.79 Å². The number of amides is 1. The molecular weight excluding hydrogens is 254 g/mol. The molecule has 3 rings (SSSR count). The molecule has 2 fully saturated rings. The first-order valence-corrected chi connectivity index (χ1v) is 7.22. The number of carbonyl (C=O) groups is 2. The van der Waals surface area contributed by atoms with Gasteiger partial charge >= 0.3 is 6.09 Å². The lowest BCUT2D eigenvalue weighted by molar-refractivity contribution is -0.868. The van der Waals surface area contributed by atoms with Crippen LogP contribution in [0.25, 0.3) is 0 Å². The van der Waals surface area contributed by atoms with Gasteiger partial charge in [0.15, 0.2) is 11.8 Å². The van der Waals surface area contributed by atoms with Gasteiger partial charge in [-0.1, -0.05) is 30.3 Å². The van der Waals surface area contributed by atoms with Gasteiger partial charge in [-0.2, -0.15) is 4.79 Å². The molecule has 20 heavy (non-hydrogen) atoms. The molecule has 106 valence electrons. The van der Waals surface area contributed by atoms with Gasteiger partial charge in [-0.25, -0.2) is 4.48 Å². The largest absolute Gasteiger partial charge is 0.516 e. The van der Waals surface area contributed by atoms with Crippen molar-refractivity contribution in [2.45, 2.75) is 44.4 Å². The van der Waals surface area contributed by atoms with Gasteiger partial charge < -0.3 is 4.74 Å². The van der Waals surface area contributed by atoms with E-state index in [2.05, 4.69) is 0 Å². The highest BCUT2D eigenvalue weighted by molar-refractivity contribution is 5.86. The van der Waals surface area contributed by atoms with Gasteiger partial charge in [0.2, 0.25) is 0 Å². The molecule has 4 nitrogen and oxygen atoms in total. The molecule has 4 heteroatoms. The molecule has 0 aliphatic carbocycles. The van der Waals surface area contributed by atoms with Gasteiger partial charge in [-0.15, -0.1) is 0 Å². The average Bonchev–Trinajstić information content (AvgIpc) is 2.67. The number of piperidine rings is 1. The number of benzene rings is 1. The van der Waals surface area contributed by atoms with Crippen LogP contribution in [0.15, 0.2) is 30.3 Å². The van der Waals surface area contributed by atoms with Crippen molar-refractivity contribution in [2.75, 3.05) is 7.05 Å². The topological polar surface area (TPSA) is 43.4 Å². The standard InChI is InChI=1S/C16H20NO3/c1-17(13-7-9-14(17)15(18)10-8-13)16(19)20-11-12-5-3-2-4-6-12/h2-6,13-14H,7-11H2,1H3/q+1. The van der Waals surface area contributed by atoms with E-state index in [0.29, 0.717) is 6.42 Å². The van der Waals surface area contributed by atoms with Crippen molar-refractivity contribution in [3.8, 4) is 0 Å². The van der Waals surface area contributed by atoms with Crippen LogP contribution >= 0.6 is 0 Å². The van der Waals surface area contributed by atoms with E-state index >= 15 is 0 Å². The van der Waals surface area contributed by atoms with Crippen LogP contribution in [0.2, 0.25) is 0 Å². The Hall–Kier alpha value is -1.68. The number of Topliss-reactive ketones (excluding diaryl/α,β-unsaturated/α-hetero) is 1. The molecule has 2 aliphatic heterocycles. The second kappa shape index (κ2) is 5.02. The van der Waals surface area contributed by atoms with Crippen molar-refractivity contribution in [1.82, 2.24) is 0 Å². The highest BCUT2D eigenvalue weighted by Gasteiger charge is 2.58. The Balaban J connectivity index is 1.72. The lowest BCUT2D eigenvalue weighted by atomic mass is 9.99. The summed E-state index contributed by atoms with van der Waals surface area (Å²) in [5, 5.41) is 0. The minimum atomic E-state index is -0.255. The fraction of sp³-hybridized carbons (Fsp3) is 0.500. The van der Waals surface area contributed by atoms with Crippen molar-refractivity contribution in [1.29, 1.82) is 0 Å². The third kappa shape index (κ3) is 2.04. The molecule has 1 aromatic carbocycles. The van der Waals surface area contributed by atoms with Gasteiger partial charge in [0, 0.05) is 25.7 Å². The number of hydrogen-bond acceptors (Lipinski definition) is 3. The summed E-state index contributed by atoms with van der Waals surface area (Å²) in [4.78, 5) is 24.5. The molecule has 2 bridgehead atoms. The Morgan fingerprint density at radius 1 is 1.25 bits per heavy atom. The highest BCUT2D eigenvalue weighted by atomic mass is 16.6. The number of ether oxygens (including phenoxy) is 1. The van der Waals surface area contributed by atoms with Gasteiger partial charge in [0.25, 0.3) is 0 Å². The summed E-state index contributed by atoms with van der Waals surface area (Å²) in [5.41, 5.74) is 0.975. The molecule has 0 saturated carbocycles. The minimum Gasteiger partial charge on any atom is -0.415 e. The molecule has 3 unspecified atom stereocenters. The summed E-state index contributed by atoms with van der Waals surface area (Å²) in [6, 6.07) is 9.72. The number of hydrogen-bond donors (Lipinski definition) is 0. The molecule has 0 radical (unpaired) electrons.